The minimum absolute atomic E-state index is 0.110. The van der Waals surface area contributed by atoms with Crippen molar-refractivity contribution >= 4 is 12.1 Å². The lowest BCUT2D eigenvalue weighted by Crippen LogP contribution is -2.41. The predicted molar refractivity (Wildman–Crippen MR) is 88.4 cm³/mol. The van der Waals surface area contributed by atoms with Gasteiger partial charge in [-0.25, -0.2) is 0 Å². The SMILES string of the molecule is O=CN(c1ccc(C#Cc2ccccc2)cc1)C1CCCN1. The van der Waals surface area contributed by atoms with Crippen molar-refractivity contribution in [1.82, 2.24) is 5.32 Å². The maximum Gasteiger partial charge on any atom is 0.215 e. The number of nitrogens with one attached hydrogen (secondary N) is 1. The molecule has 1 fully saturated rings. The third-order valence-corrected chi connectivity index (χ3v) is 3.77. The third kappa shape index (κ3) is 3.36. The molecule has 1 aliphatic heterocycles. The minimum atomic E-state index is 0.110. The fourth-order valence-electron chi connectivity index (χ4n) is 2.60. The summed E-state index contributed by atoms with van der Waals surface area (Å²) in [6.45, 7) is 0.968. The summed E-state index contributed by atoms with van der Waals surface area (Å²) >= 11 is 0. The van der Waals surface area contributed by atoms with Crippen molar-refractivity contribution in [3.63, 3.8) is 0 Å². The van der Waals surface area contributed by atoms with E-state index in [1.807, 2.05) is 54.6 Å². The molecule has 1 amide bonds. The third-order valence-electron chi connectivity index (χ3n) is 3.77. The molecule has 2 aromatic rings. The molecule has 0 aliphatic carbocycles. The van der Waals surface area contributed by atoms with Crippen LogP contribution in [0.15, 0.2) is 54.6 Å². The van der Waals surface area contributed by atoms with E-state index in [-0.39, 0.29) is 6.17 Å². The lowest BCUT2D eigenvalue weighted by atomic mass is 10.1. The van der Waals surface area contributed by atoms with E-state index >= 15 is 0 Å². The summed E-state index contributed by atoms with van der Waals surface area (Å²) in [5, 5.41) is 3.33. The Morgan fingerprint density at radius 1 is 1.00 bits per heavy atom. The number of hydrogen-bond acceptors (Lipinski definition) is 2. The number of rotatable bonds is 3. The van der Waals surface area contributed by atoms with Gasteiger partial charge in [0.15, 0.2) is 0 Å². The molecule has 1 unspecified atom stereocenters. The van der Waals surface area contributed by atoms with Crippen LogP contribution in [0.1, 0.15) is 24.0 Å². The van der Waals surface area contributed by atoms with Crippen molar-refractivity contribution in [2.24, 2.45) is 0 Å². The van der Waals surface area contributed by atoms with E-state index in [9.17, 15) is 4.79 Å². The van der Waals surface area contributed by atoms with Crippen molar-refractivity contribution in [1.29, 1.82) is 0 Å². The molecule has 3 rings (SSSR count). The van der Waals surface area contributed by atoms with Gasteiger partial charge in [-0.2, -0.15) is 0 Å². The second kappa shape index (κ2) is 6.93. The highest BCUT2D eigenvalue weighted by molar-refractivity contribution is 5.76. The zero-order valence-corrected chi connectivity index (χ0v) is 12.3. The van der Waals surface area contributed by atoms with E-state index in [4.69, 9.17) is 0 Å². The van der Waals surface area contributed by atoms with Crippen LogP contribution in [0.3, 0.4) is 0 Å². The average Bonchev–Trinajstić information content (AvgIpc) is 3.10. The molecule has 110 valence electrons. The second-order valence-corrected chi connectivity index (χ2v) is 5.29. The van der Waals surface area contributed by atoms with Crippen molar-refractivity contribution in [2.75, 3.05) is 11.4 Å². The maximum absolute atomic E-state index is 11.3. The van der Waals surface area contributed by atoms with Crippen LogP contribution in [0.25, 0.3) is 0 Å². The maximum atomic E-state index is 11.3. The zero-order valence-electron chi connectivity index (χ0n) is 12.3. The van der Waals surface area contributed by atoms with E-state index in [0.717, 1.165) is 42.6 Å². The molecule has 1 heterocycles. The topological polar surface area (TPSA) is 32.3 Å². The Morgan fingerprint density at radius 2 is 1.68 bits per heavy atom. The predicted octanol–water partition coefficient (Wildman–Crippen LogP) is 2.76. The van der Waals surface area contributed by atoms with E-state index in [2.05, 4.69) is 17.2 Å². The van der Waals surface area contributed by atoms with Crippen LogP contribution in [-0.4, -0.2) is 19.1 Å². The number of amides is 1. The van der Waals surface area contributed by atoms with Gasteiger partial charge in [0.2, 0.25) is 6.41 Å². The molecule has 2 aromatic carbocycles. The molecule has 1 atom stereocenters. The fourth-order valence-corrected chi connectivity index (χ4v) is 2.60. The molecule has 1 saturated heterocycles. The molecule has 3 heteroatoms. The number of carbonyl (C=O) groups excluding carboxylic acids is 1. The van der Waals surface area contributed by atoms with Crippen LogP contribution in [0.2, 0.25) is 0 Å². The van der Waals surface area contributed by atoms with Crippen LogP contribution in [0, 0.1) is 11.8 Å². The van der Waals surface area contributed by atoms with Crippen molar-refractivity contribution < 1.29 is 4.79 Å². The standard InChI is InChI=1S/C19H18N2O/c22-15-21(19-7-4-14-20-19)18-12-10-17(11-13-18)9-8-16-5-2-1-3-6-16/h1-3,5-6,10-13,15,19-20H,4,7,14H2. The smallest absolute Gasteiger partial charge is 0.215 e. The molecule has 0 radical (unpaired) electrons. The van der Waals surface area contributed by atoms with Crippen LogP contribution in [-0.2, 0) is 4.79 Å². The highest BCUT2D eigenvalue weighted by Gasteiger charge is 2.21. The van der Waals surface area contributed by atoms with Gasteiger partial charge in [0, 0.05) is 16.8 Å². The summed E-state index contributed by atoms with van der Waals surface area (Å²) < 4.78 is 0. The summed E-state index contributed by atoms with van der Waals surface area (Å²) in [6.07, 6.45) is 3.11. The van der Waals surface area contributed by atoms with E-state index in [0.29, 0.717) is 0 Å². The van der Waals surface area contributed by atoms with Crippen LogP contribution >= 0.6 is 0 Å². The first-order chi connectivity index (χ1) is 10.9. The van der Waals surface area contributed by atoms with Crippen LogP contribution in [0.4, 0.5) is 5.69 Å². The van der Waals surface area contributed by atoms with Gasteiger partial charge in [-0.1, -0.05) is 30.0 Å². The Kier molecular flexibility index (Phi) is 4.53. The van der Waals surface area contributed by atoms with Crippen molar-refractivity contribution in [3.05, 3.63) is 65.7 Å². The van der Waals surface area contributed by atoms with Crippen LogP contribution < -0.4 is 10.2 Å². The molecule has 0 saturated carbocycles. The Bertz CT molecular complexity index is 677. The number of carbonyl (C=O) groups is 1. The van der Waals surface area contributed by atoms with Gasteiger partial charge in [-0.05, 0) is 55.8 Å². The summed E-state index contributed by atoms with van der Waals surface area (Å²) in [6, 6.07) is 17.7. The fraction of sp³-hybridized carbons (Fsp3) is 0.211. The molecular formula is C19H18N2O. The quantitative estimate of drug-likeness (QED) is 0.696. The van der Waals surface area contributed by atoms with Gasteiger partial charge >= 0.3 is 0 Å². The van der Waals surface area contributed by atoms with E-state index in [1.54, 1.807) is 4.90 Å². The molecular weight excluding hydrogens is 272 g/mol. The van der Waals surface area contributed by atoms with Gasteiger partial charge in [0.1, 0.15) is 0 Å². The van der Waals surface area contributed by atoms with Crippen molar-refractivity contribution in [3.8, 4) is 11.8 Å². The van der Waals surface area contributed by atoms with E-state index < -0.39 is 0 Å². The molecule has 0 spiro atoms. The molecule has 1 N–H and O–H groups in total. The summed E-state index contributed by atoms with van der Waals surface area (Å²) in [5.74, 6) is 6.28. The lowest BCUT2D eigenvalue weighted by molar-refractivity contribution is -0.107. The Balaban J connectivity index is 1.75. The van der Waals surface area contributed by atoms with Gasteiger partial charge in [0.05, 0.1) is 6.17 Å². The van der Waals surface area contributed by atoms with Crippen LogP contribution in [0.5, 0.6) is 0 Å². The van der Waals surface area contributed by atoms with Crippen molar-refractivity contribution in [2.45, 2.75) is 19.0 Å². The molecule has 1 aliphatic rings. The first-order valence-corrected chi connectivity index (χ1v) is 7.51. The first kappa shape index (κ1) is 14.4. The van der Waals surface area contributed by atoms with Gasteiger partial charge in [-0.3, -0.25) is 15.0 Å². The number of nitrogens with zero attached hydrogens (tertiary/aromatic N) is 1. The Morgan fingerprint density at radius 3 is 2.27 bits per heavy atom. The molecule has 0 aromatic heterocycles. The summed E-state index contributed by atoms with van der Waals surface area (Å²) in [5.41, 5.74) is 2.84. The van der Waals surface area contributed by atoms with Gasteiger partial charge in [-0.15, -0.1) is 0 Å². The van der Waals surface area contributed by atoms with Gasteiger partial charge in [0.25, 0.3) is 0 Å². The second-order valence-electron chi connectivity index (χ2n) is 5.29. The monoisotopic (exact) mass is 290 g/mol. The Hall–Kier alpha value is -2.57. The summed E-state index contributed by atoms with van der Waals surface area (Å²) in [4.78, 5) is 13.1. The first-order valence-electron chi connectivity index (χ1n) is 7.51. The normalized spacial score (nSPS) is 16.6. The molecule has 22 heavy (non-hydrogen) atoms. The summed E-state index contributed by atoms with van der Waals surface area (Å²) in [7, 11) is 0. The highest BCUT2D eigenvalue weighted by Crippen LogP contribution is 2.19. The number of anilines is 1. The zero-order chi connectivity index (χ0) is 15.2. The highest BCUT2D eigenvalue weighted by atomic mass is 16.1. The molecule has 0 bridgehead atoms. The lowest BCUT2D eigenvalue weighted by Gasteiger charge is -2.24. The van der Waals surface area contributed by atoms with Gasteiger partial charge < -0.3 is 0 Å². The Labute approximate surface area is 131 Å². The average molecular weight is 290 g/mol. The van der Waals surface area contributed by atoms with E-state index in [1.165, 1.54) is 0 Å². The number of hydrogen-bond donors (Lipinski definition) is 1. The number of benzene rings is 2. The minimum Gasteiger partial charge on any atom is -0.299 e. The largest absolute Gasteiger partial charge is 0.299 e. The molecule has 3 nitrogen and oxygen atoms in total.